The van der Waals surface area contributed by atoms with Crippen molar-refractivity contribution in [3.05, 3.63) is 47.7 Å². The summed E-state index contributed by atoms with van der Waals surface area (Å²) in [6.45, 7) is 2.00. The molecule has 0 bridgehead atoms. The van der Waals surface area contributed by atoms with Gasteiger partial charge in [-0.05, 0) is 24.3 Å². The molecule has 126 valence electrons. The van der Waals surface area contributed by atoms with Crippen LogP contribution >= 0.6 is 0 Å². The van der Waals surface area contributed by atoms with Gasteiger partial charge < -0.3 is 15.1 Å². The molecule has 3 rings (SSSR count). The van der Waals surface area contributed by atoms with E-state index in [4.69, 9.17) is 5.26 Å². The van der Waals surface area contributed by atoms with Crippen LogP contribution in [0.25, 0.3) is 0 Å². The van der Waals surface area contributed by atoms with Gasteiger partial charge in [0.1, 0.15) is 6.07 Å². The summed E-state index contributed by atoms with van der Waals surface area (Å²) in [5.41, 5.74) is 1.37. The zero-order valence-corrected chi connectivity index (χ0v) is 13.4. The van der Waals surface area contributed by atoms with E-state index in [1.165, 1.54) is 0 Å². The molecule has 8 heteroatoms. The molecular weight excluding hydrogens is 320 g/mol. The van der Waals surface area contributed by atoms with E-state index in [0.29, 0.717) is 43.2 Å². The summed E-state index contributed by atoms with van der Waals surface area (Å²) in [6, 6.07) is 12.4. The second-order valence-electron chi connectivity index (χ2n) is 5.52. The smallest absolute Gasteiger partial charge is 0.274 e. The van der Waals surface area contributed by atoms with Crippen LogP contribution in [0.2, 0.25) is 0 Å². The van der Waals surface area contributed by atoms with E-state index < -0.39 is 0 Å². The summed E-state index contributed by atoms with van der Waals surface area (Å²) < 4.78 is 0. The maximum absolute atomic E-state index is 12.4. The van der Waals surface area contributed by atoms with Crippen LogP contribution in [0.4, 0.5) is 11.5 Å². The van der Waals surface area contributed by atoms with Gasteiger partial charge in [0.2, 0.25) is 6.41 Å². The molecule has 2 heterocycles. The van der Waals surface area contributed by atoms with E-state index in [9.17, 15) is 9.59 Å². The summed E-state index contributed by atoms with van der Waals surface area (Å²) in [5, 5.41) is 20.1. The third kappa shape index (κ3) is 3.72. The first kappa shape index (κ1) is 16.4. The molecule has 25 heavy (non-hydrogen) atoms. The molecule has 1 N–H and O–H groups in total. The summed E-state index contributed by atoms with van der Waals surface area (Å²) in [4.78, 5) is 26.4. The van der Waals surface area contributed by atoms with Crippen LogP contribution in [-0.2, 0) is 4.79 Å². The fourth-order valence-electron chi connectivity index (χ4n) is 2.53. The summed E-state index contributed by atoms with van der Waals surface area (Å²) in [6.07, 6.45) is 0.793. The van der Waals surface area contributed by atoms with Gasteiger partial charge in [-0.25, -0.2) is 0 Å². The van der Waals surface area contributed by atoms with Gasteiger partial charge in [0.05, 0.1) is 11.3 Å². The van der Waals surface area contributed by atoms with Crippen molar-refractivity contribution in [2.75, 3.05) is 31.5 Å². The number of nitrogens with one attached hydrogen (secondary N) is 1. The number of para-hydroxylation sites is 1. The third-order valence-corrected chi connectivity index (χ3v) is 3.94. The summed E-state index contributed by atoms with van der Waals surface area (Å²) >= 11 is 0. The number of hydrogen-bond donors (Lipinski definition) is 1. The minimum absolute atomic E-state index is 0.206. The van der Waals surface area contributed by atoms with E-state index in [0.717, 1.165) is 6.41 Å². The zero-order chi connectivity index (χ0) is 17.6. The van der Waals surface area contributed by atoms with Crippen LogP contribution < -0.4 is 5.32 Å². The van der Waals surface area contributed by atoms with Crippen LogP contribution in [-0.4, -0.2) is 58.5 Å². The van der Waals surface area contributed by atoms with Crippen molar-refractivity contribution in [1.82, 2.24) is 20.0 Å². The second kappa shape index (κ2) is 7.40. The average molecular weight is 336 g/mol. The Balaban J connectivity index is 1.67. The first-order chi connectivity index (χ1) is 12.2. The number of benzene rings is 1. The van der Waals surface area contributed by atoms with Gasteiger partial charge in [-0.15, -0.1) is 10.2 Å². The summed E-state index contributed by atoms with van der Waals surface area (Å²) in [7, 11) is 0. The SMILES string of the molecule is N#Cc1ccccc1Nc1ccc(C(=O)N2CCN(C=O)CC2)nn1. The molecule has 0 spiro atoms. The topological polar surface area (TPSA) is 102 Å². The molecule has 2 aromatic rings. The number of rotatable bonds is 4. The number of carbonyl (C=O) groups excluding carboxylic acids is 2. The van der Waals surface area contributed by atoms with E-state index in [-0.39, 0.29) is 11.6 Å². The first-order valence-corrected chi connectivity index (χ1v) is 7.80. The molecule has 1 aromatic heterocycles. The van der Waals surface area contributed by atoms with Crippen molar-refractivity contribution in [2.24, 2.45) is 0 Å². The highest BCUT2D eigenvalue weighted by molar-refractivity contribution is 5.92. The number of nitrogens with zero attached hydrogens (tertiary/aromatic N) is 5. The number of nitriles is 1. The second-order valence-corrected chi connectivity index (χ2v) is 5.52. The van der Waals surface area contributed by atoms with Crippen molar-refractivity contribution < 1.29 is 9.59 Å². The standard InChI is InChI=1S/C17H16N6O2/c18-11-13-3-1-2-4-14(13)19-16-6-5-15(20-21-16)17(25)23-9-7-22(12-24)8-10-23/h1-6,12H,7-10H2,(H,19,21). The number of aromatic nitrogens is 2. The maximum Gasteiger partial charge on any atom is 0.274 e. The van der Waals surface area contributed by atoms with Gasteiger partial charge in [-0.3, -0.25) is 9.59 Å². The Morgan fingerprint density at radius 3 is 2.52 bits per heavy atom. The highest BCUT2D eigenvalue weighted by Gasteiger charge is 2.22. The Labute approximate surface area is 144 Å². The number of carbonyl (C=O) groups is 2. The van der Waals surface area contributed by atoms with Gasteiger partial charge in [-0.1, -0.05) is 12.1 Å². The summed E-state index contributed by atoms with van der Waals surface area (Å²) in [5.74, 6) is 0.243. The lowest BCUT2D eigenvalue weighted by Gasteiger charge is -2.32. The highest BCUT2D eigenvalue weighted by atomic mass is 16.2. The molecule has 1 fully saturated rings. The predicted octanol–water partition coefficient (Wildman–Crippen LogP) is 1.01. The number of anilines is 2. The van der Waals surface area contributed by atoms with Crippen molar-refractivity contribution in [2.45, 2.75) is 0 Å². The monoisotopic (exact) mass is 336 g/mol. The first-order valence-electron chi connectivity index (χ1n) is 7.80. The Kier molecular flexibility index (Phi) is 4.85. The lowest BCUT2D eigenvalue weighted by atomic mass is 10.2. The van der Waals surface area contributed by atoms with Gasteiger partial charge >= 0.3 is 0 Å². The number of piperazine rings is 1. The lowest BCUT2D eigenvalue weighted by molar-refractivity contribution is -0.119. The molecule has 1 aromatic carbocycles. The van der Waals surface area contributed by atoms with Crippen molar-refractivity contribution in [3.63, 3.8) is 0 Å². The molecule has 8 nitrogen and oxygen atoms in total. The third-order valence-electron chi connectivity index (χ3n) is 3.94. The molecule has 0 saturated carbocycles. The number of hydrogen-bond acceptors (Lipinski definition) is 6. The largest absolute Gasteiger partial charge is 0.342 e. The van der Waals surface area contributed by atoms with Crippen LogP contribution in [0, 0.1) is 11.3 Å². The minimum atomic E-state index is -0.206. The quantitative estimate of drug-likeness (QED) is 0.836. The molecule has 1 aliphatic rings. The zero-order valence-electron chi connectivity index (χ0n) is 13.4. The van der Waals surface area contributed by atoms with Crippen LogP contribution in [0.5, 0.6) is 0 Å². The number of amides is 2. The van der Waals surface area contributed by atoms with E-state index in [1.807, 2.05) is 6.07 Å². The molecule has 1 aliphatic heterocycles. The lowest BCUT2D eigenvalue weighted by Crippen LogP contribution is -2.48. The molecule has 0 radical (unpaired) electrons. The van der Waals surface area contributed by atoms with Crippen molar-refractivity contribution in [1.29, 1.82) is 5.26 Å². The highest BCUT2D eigenvalue weighted by Crippen LogP contribution is 2.18. The van der Waals surface area contributed by atoms with Crippen LogP contribution in [0.15, 0.2) is 36.4 Å². The Morgan fingerprint density at radius 2 is 1.88 bits per heavy atom. The molecule has 1 saturated heterocycles. The van der Waals surface area contributed by atoms with E-state index in [1.54, 1.807) is 40.1 Å². The van der Waals surface area contributed by atoms with Gasteiger partial charge in [0, 0.05) is 26.2 Å². The average Bonchev–Trinajstić information content (AvgIpc) is 2.68. The molecule has 2 amide bonds. The minimum Gasteiger partial charge on any atom is -0.342 e. The Morgan fingerprint density at radius 1 is 1.12 bits per heavy atom. The molecule has 0 atom stereocenters. The maximum atomic E-state index is 12.4. The van der Waals surface area contributed by atoms with Gasteiger partial charge in [0.15, 0.2) is 11.5 Å². The van der Waals surface area contributed by atoms with Crippen molar-refractivity contribution >= 4 is 23.8 Å². The Hall–Kier alpha value is -3.47. The normalized spacial score (nSPS) is 13.9. The van der Waals surface area contributed by atoms with E-state index >= 15 is 0 Å². The van der Waals surface area contributed by atoms with Gasteiger partial charge in [0.25, 0.3) is 5.91 Å². The van der Waals surface area contributed by atoms with E-state index in [2.05, 4.69) is 21.6 Å². The van der Waals surface area contributed by atoms with Crippen LogP contribution in [0.3, 0.4) is 0 Å². The Bertz CT molecular complexity index is 807. The molecular formula is C17H16N6O2. The fraction of sp³-hybridized carbons (Fsp3) is 0.235. The van der Waals surface area contributed by atoms with Gasteiger partial charge in [-0.2, -0.15) is 5.26 Å². The molecule has 0 aliphatic carbocycles. The predicted molar refractivity (Wildman–Crippen MR) is 90.0 cm³/mol. The van der Waals surface area contributed by atoms with Crippen molar-refractivity contribution in [3.8, 4) is 6.07 Å². The van der Waals surface area contributed by atoms with Crippen LogP contribution in [0.1, 0.15) is 16.1 Å². The molecule has 0 unspecified atom stereocenters. The fourth-order valence-corrected chi connectivity index (χ4v) is 2.53.